The topological polar surface area (TPSA) is 101 Å². The number of fused-ring (bicyclic) bond motifs is 1. The van der Waals surface area contributed by atoms with E-state index in [4.69, 9.17) is 4.74 Å². The third-order valence-corrected chi connectivity index (χ3v) is 7.52. The molecule has 36 heavy (non-hydrogen) atoms. The van der Waals surface area contributed by atoms with Crippen LogP contribution >= 0.6 is 0 Å². The lowest BCUT2D eigenvalue weighted by Crippen LogP contribution is -2.66. The smallest absolute Gasteiger partial charge is 0.409 e. The first-order valence-corrected chi connectivity index (χ1v) is 12.3. The molecule has 9 nitrogen and oxygen atoms in total. The molecule has 0 saturated heterocycles. The van der Waals surface area contributed by atoms with Crippen molar-refractivity contribution >= 4 is 29.1 Å². The van der Waals surface area contributed by atoms with E-state index in [0.29, 0.717) is 36.5 Å². The minimum absolute atomic E-state index is 0.00790. The van der Waals surface area contributed by atoms with Crippen molar-refractivity contribution in [3.8, 4) is 5.75 Å². The maximum absolute atomic E-state index is 16.1. The Bertz CT molecular complexity index is 1160. The number of nitrogens with one attached hydrogen (secondary N) is 1. The number of hydrogen-bond acceptors (Lipinski definition) is 6. The first-order valence-electron chi connectivity index (χ1n) is 12.3. The molecule has 2 aliphatic rings. The van der Waals surface area contributed by atoms with Crippen LogP contribution in [0.1, 0.15) is 56.3 Å². The average molecular weight is 506 g/mol. The second-order valence-electron chi connectivity index (χ2n) is 9.55. The number of rotatable bonds is 8. The summed E-state index contributed by atoms with van der Waals surface area (Å²) in [6.07, 6.45) is 6.40. The van der Waals surface area contributed by atoms with Gasteiger partial charge in [-0.05, 0) is 44.4 Å². The molecule has 11 heteroatoms. The monoisotopic (exact) mass is 505 g/mol. The fraction of sp³-hybridized carbons (Fsp3) is 0.520. The Morgan fingerprint density at radius 2 is 2.00 bits per heavy atom. The molecule has 1 aliphatic heterocycles. The number of nitrogens with zero attached hydrogens (tertiary/aromatic N) is 4. The molecule has 4 rings (SSSR count). The van der Waals surface area contributed by atoms with Crippen LogP contribution in [0.3, 0.4) is 0 Å². The van der Waals surface area contributed by atoms with Gasteiger partial charge in [0.05, 0.1) is 32.0 Å². The highest BCUT2D eigenvalue weighted by Crippen LogP contribution is 2.48. The van der Waals surface area contributed by atoms with Gasteiger partial charge in [-0.25, -0.2) is 24.5 Å². The van der Waals surface area contributed by atoms with Crippen LogP contribution in [0, 0.1) is 0 Å². The van der Waals surface area contributed by atoms with E-state index >= 15 is 8.78 Å². The Morgan fingerprint density at radius 1 is 1.28 bits per heavy atom. The zero-order valence-electron chi connectivity index (χ0n) is 20.8. The van der Waals surface area contributed by atoms with Crippen LogP contribution in [0.4, 0.5) is 26.0 Å². The number of amides is 1. The van der Waals surface area contributed by atoms with E-state index in [2.05, 4.69) is 15.4 Å². The Balaban J connectivity index is 2.00. The molecular formula is C25H33F2N5O4+2. The molecule has 2 N–H and O–H groups in total. The molecule has 1 aliphatic carbocycles. The van der Waals surface area contributed by atoms with Crippen LogP contribution in [0.25, 0.3) is 0 Å². The van der Waals surface area contributed by atoms with E-state index in [1.165, 1.54) is 37.8 Å². The van der Waals surface area contributed by atoms with Crippen molar-refractivity contribution in [3.63, 3.8) is 0 Å². The highest BCUT2D eigenvalue weighted by Gasteiger charge is 2.66. The number of carboxylic acid groups (broad SMARTS) is 1. The number of methoxy groups -OCH3 is 1. The van der Waals surface area contributed by atoms with Crippen LogP contribution < -0.4 is 19.2 Å². The third-order valence-electron chi connectivity index (χ3n) is 7.52. The van der Waals surface area contributed by atoms with E-state index in [1.807, 2.05) is 6.92 Å². The first-order chi connectivity index (χ1) is 17.1. The number of carbonyl (C=O) groups is 2. The number of halogens is 2. The molecule has 0 spiro atoms. The van der Waals surface area contributed by atoms with Gasteiger partial charge in [0, 0.05) is 12.8 Å². The van der Waals surface area contributed by atoms with Gasteiger partial charge in [0.25, 0.3) is 0 Å². The molecule has 0 bridgehead atoms. The summed E-state index contributed by atoms with van der Waals surface area (Å²) in [5.74, 6) is -5.42. The quantitative estimate of drug-likeness (QED) is 0.514. The van der Waals surface area contributed by atoms with Crippen LogP contribution in [0.15, 0.2) is 30.7 Å². The number of alkyl halides is 2. The lowest BCUT2D eigenvalue weighted by Gasteiger charge is -2.41. The Hall–Kier alpha value is -3.18. The molecule has 1 aromatic heterocycles. The molecule has 1 amide bonds. The summed E-state index contributed by atoms with van der Waals surface area (Å²) < 4.78 is 36.6. The predicted octanol–water partition coefficient (Wildman–Crippen LogP) is 4.37. The second-order valence-corrected chi connectivity index (χ2v) is 9.55. The van der Waals surface area contributed by atoms with Gasteiger partial charge in [-0.2, -0.15) is 18.4 Å². The van der Waals surface area contributed by atoms with Gasteiger partial charge in [-0.1, -0.05) is 6.92 Å². The summed E-state index contributed by atoms with van der Waals surface area (Å²) in [6, 6.07) is 3.96. The van der Waals surface area contributed by atoms with Gasteiger partial charge in [0.15, 0.2) is 6.54 Å². The van der Waals surface area contributed by atoms with Crippen molar-refractivity contribution in [3.05, 3.63) is 36.3 Å². The molecule has 194 valence electrons. The molecule has 1 saturated carbocycles. The predicted molar refractivity (Wildman–Crippen MR) is 132 cm³/mol. The second kappa shape index (κ2) is 9.70. The Labute approximate surface area is 208 Å². The van der Waals surface area contributed by atoms with Crippen LogP contribution in [0.5, 0.6) is 5.75 Å². The molecule has 1 fully saturated rings. The van der Waals surface area contributed by atoms with Crippen molar-refractivity contribution in [1.82, 2.24) is 19.0 Å². The molecule has 2 unspecified atom stereocenters. The lowest BCUT2D eigenvalue weighted by molar-refractivity contribution is -0.157. The van der Waals surface area contributed by atoms with Crippen LogP contribution in [0.2, 0.25) is 0 Å². The molecule has 2 aromatic rings. The fourth-order valence-electron chi connectivity index (χ4n) is 5.84. The van der Waals surface area contributed by atoms with Gasteiger partial charge in [-0.15, -0.1) is 0 Å². The van der Waals surface area contributed by atoms with Crippen molar-refractivity contribution in [2.45, 2.75) is 57.9 Å². The SMILES string of the molecule is CCC[N+]1(CC)C(=O)C(F)(F)C[N+](Nc2ccc(C(=O)O)cc2OC)(C2CCCC2)c2ncncc21. The number of aromatic nitrogens is 2. The minimum Gasteiger partial charge on any atom is -0.494 e. The maximum Gasteiger partial charge on any atom is 0.409 e. The van der Waals surface area contributed by atoms with Crippen molar-refractivity contribution in [1.29, 1.82) is 0 Å². The van der Waals surface area contributed by atoms with E-state index in [1.54, 1.807) is 6.92 Å². The summed E-state index contributed by atoms with van der Waals surface area (Å²) in [7, 11) is 1.39. The number of hydrogen-bond donors (Lipinski definition) is 2. The Kier molecular flexibility index (Phi) is 6.98. The number of aromatic carboxylic acids is 1. The normalized spacial score (nSPS) is 25.8. The summed E-state index contributed by atoms with van der Waals surface area (Å²) in [5.41, 5.74) is 4.00. The third kappa shape index (κ3) is 4.09. The van der Waals surface area contributed by atoms with E-state index < -0.39 is 33.4 Å². The summed E-state index contributed by atoms with van der Waals surface area (Å²) in [4.78, 5) is 33.8. The first kappa shape index (κ1) is 25.9. The molecule has 2 heterocycles. The standard InChI is InChI=1S/C25H32F2N5O4/c1-4-12-31(5-2)20-14-28-16-29-22(20)32(18-8-6-7-9-18,15-25(26,27)24(31)35)30-19-11-10-17(23(33)34)13-21(19)36-3/h10-11,13-14,16,18,30H,4-9,12,15H2,1-3H3/q+1/p+1. The van der Waals surface area contributed by atoms with E-state index in [0.717, 1.165) is 12.8 Å². The van der Waals surface area contributed by atoms with Gasteiger partial charge in [0.2, 0.25) is 5.69 Å². The minimum atomic E-state index is -3.67. The molecule has 0 radical (unpaired) electrons. The number of anilines is 1. The largest absolute Gasteiger partial charge is 0.494 e. The molecule has 2 atom stereocenters. The van der Waals surface area contributed by atoms with Crippen molar-refractivity contribution < 1.29 is 28.2 Å². The van der Waals surface area contributed by atoms with Gasteiger partial charge >= 0.3 is 23.6 Å². The molecular weight excluding hydrogens is 472 g/mol. The average Bonchev–Trinajstić information content (AvgIpc) is 3.40. The summed E-state index contributed by atoms with van der Waals surface area (Å²) >= 11 is 0. The Morgan fingerprint density at radius 3 is 2.61 bits per heavy atom. The number of ether oxygens (including phenoxy) is 1. The number of carboxylic acids is 1. The van der Waals surface area contributed by atoms with E-state index in [9.17, 15) is 14.7 Å². The maximum atomic E-state index is 16.1. The highest BCUT2D eigenvalue weighted by molar-refractivity contribution is 5.97. The summed E-state index contributed by atoms with van der Waals surface area (Å²) in [6.45, 7) is 3.11. The van der Waals surface area contributed by atoms with Crippen molar-refractivity contribution in [2.75, 3.05) is 32.2 Å². The molecule has 1 aromatic carbocycles. The zero-order valence-corrected chi connectivity index (χ0v) is 20.8. The van der Waals surface area contributed by atoms with Crippen LogP contribution in [-0.4, -0.2) is 65.7 Å². The van der Waals surface area contributed by atoms with Crippen LogP contribution in [-0.2, 0) is 4.79 Å². The van der Waals surface area contributed by atoms with E-state index in [-0.39, 0.29) is 30.4 Å². The highest BCUT2D eigenvalue weighted by atomic mass is 19.3. The summed E-state index contributed by atoms with van der Waals surface area (Å²) in [5, 5.41) is 9.41. The van der Waals surface area contributed by atoms with Gasteiger partial charge in [-0.3, -0.25) is 0 Å². The van der Waals surface area contributed by atoms with Gasteiger partial charge < -0.3 is 9.84 Å². The lowest BCUT2D eigenvalue weighted by atomic mass is 10.1. The fourth-order valence-corrected chi connectivity index (χ4v) is 5.84. The van der Waals surface area contributed by atoms with Gasteiger partial charge in [0.1, 0.15) is 23.8 Å². The van der Waals surface area contributed by atoms with Crippen molar-refractivity contribution in [2.24, 2.45) is 0 Å². The number of carbonyl (C=O) groups excluding carboxylic acids is 1. The number of quaternary nitrogens is 2. The number of benzene rings is 1. The zero-order chi connectivity index (χ0) is 26.1.